The maximum Gasteiger partial charge on any atom is 0.335 e. The van der Waals surface area contributed by atoms with Crippen LogP contribution in [0.1, 0.15) is 21.5 Å². The van der Waals surface area contributed by atoms with Crippen LogP contribution in [0.4, 0.5) is 0 Å². The van der Waals surface area contributed by atoms with Crippen LogP contribution in [-0.4, -0.2) is 51.0 Å². The van der Waals surface area contributed by atoms with E-state index in [9.17, 15) is 13.2 Å². The van der Waals surface area contributed by atoms with E-state index < -0.39 is 28.6 Å². The second-order valence-corrected chi connectivity index (χ2v) is 6.38. The van der Waals surface area contributed by atoms with Crippen molar-refractivity contribution in [2.24, 2.45) is 0 Å². The Kier molecular flexibility index (Phi) is 5.85. The van der Waals surface area contributed by atoms with E-state index in [1.165, 1.54) is 13.2 Å². The van der Waals surface area contributed by atoms with Gasteiger partial charge in [0.15, 0.2) is 0 Å². The van der Waals surface area contributed by atoms with E-state index >= 15 is 0 Å². The summed E-state index contributed by atoms with van der Waals surface area (Å²) in [6.45, 7) is 2.76. The SMILES string of the molecule is COCC(CO)NS(=O)(=O)c1cc(C(=O)O)c(C)cc1C. The molecule has 0 fully saturated rings. The third-order valence-electron chi connectivity index (χ3n) is 2.95. The number of ether oxygens (including phenoxy) is 1. The minimum atomic E-state index is -3.95. The molecule has 1 aromatic carbocycles. The highest BCUT2D eigenvalue weighted by molar-refractivity contribution is 7.89. The van der Waals surface area contributed by atoms with Crippen LogP contribution in [-0.2, 0) is 14.8 Å². The van der Waals surface area contributed by atoms with Gasteiger partial charge in [0, 0.05) is 7.11 Å². The van der Waals surface area contributed by atoms with E-state index in [1.807, 2.05) is 0 Å². The molecule has 0 radical (unpaired) electrons. The normalized spacial score (nSPS) is 13.1. The van der Waals surface area contributed by atoms with Crippen molar-refractivity contribution in [3.05, 3.63) is 28.8 Å². The number of aromatic carboxylic acids is 1. The largest absolute Gasteiger partial charge is 0.478 e. The van der Waals surface area contributed by atoms with Crippen molar-refractivity contribution in [2.75, 3.05) is 20.3 Å². The third-order valence-corrected chi connectivity index (χ3v) is 4.61. The van der Waals surface area contributed by atoms with Crippen LogP contribution in [0.3, 0.4) is 0 Å². The molecule has 0 aliphatic rings. The van der Waals surface area contributed by atoms with Gasteiger partial charge < -0.3 is 14.9 Å². The molecule has 118 valence electrons. The molecule has 1 aromatic rings. The average Bonchev–Trinajstić information content (AvgIpc) is 2.37. The first-order valence-electron chi connectivity index (χ1n) is 6.19. The van der Waals surface area contributed by atoms with Crippen molar-refractivity contribution in [3.8, 4) is 0 Å². The van der Waals surface area contributed by atoms with Gasteiger partial charge in [-0.3, -0.25) is 0 Å². The number of nitrogens with one attached hydrogen (secondary N) is 1. The van der Waals surface area contributed by atoms with Gasteiger partial charge in [0.1, 0.15) is 0 Å². The highest BCUT2D eigenvalue weighted by atomic mass is 32.2. The Hall–Kier alpha value is -1.48. The van der Waals surface area contributed by atoms with Crippen molar-refractivity contribution >= 4 is 16.0 Å². The number of hydrogen-bond acceptors (Lipinski definition) is 5. The Labute approximate surface area is 123 Å². The highest BCUT2D eigenvalue weighted by Crippen LogP contribution is 2.21. The lowest BCUT2D eigenvalue weighted by Crippen LogP contribution is -2.40. The van der Waals surface area contributed by atoms with E-state index in [-0.39, 0.29) is 17.1 Å². The van der Waals surface area contributed by atoms with E-state index in [2.05, 4.69) is 4.72 Å². The van der Waals surface area contributed by atoms with E-state index in [1.54, 1.807) is 13.8 Å². The van der Waals surface area contributed by atoms with Gasteiger partial charge in [-0.25, -0.2) is 17.9 Å². The molecule has 3 N–H and O–H groups in total. The lowest BCUT2D eigenvalue weighted by molar-refractivity contribution is 0.0696. The van der Waals surface area contributed by atoms with Crippen LogP contribution in [0.5, 0.6) is 0 Å². The summed E-state index contributed by atoms with van der Waals surface area (Å²) in [7, 11) is -2.57. The molecule has 21 heavy (non-hydrogen) atoms. The number of methoxy groups -OCH3 is 1. The first-order chi connectivity index (χ1) is 9.72. The summed E-state index contributed by atoms with van der Waals surface area (Å²) in [6.07, 6.45) is 0. The number of benzene rings is 1. The number of carbonyl (C=O) groups is 1. The van der Waals surface area contributed by atoms with E-state index in [4.69, 9.17) is 14.9 Å². The molecule has 7 nitrogen and oxygen atoms in total. The van der Waals surface area contributed by atoms with Crippen molar-refractivity contribution in [1.29, 1.82) is 0 Å². The fraction of sp³-hybridized carbons (Fsp3) is 0.462. The molecule has 8 heteroatoms. The van der Waals surface area contributed by atoms with Crippen molar-refractivity contribution in [3.63, 3.8) is 0 Å². The molecule has 0 heterocycles. The molecular weight excluding hydrogens is 298 g/mol. The fourth-order valence-corrected chi connectivity index (χ4v) is 3.42. The summed E-state index contributed by atoms with van der Waals surface area (Å²) in [5.41, 5.74) is 0.835. The summed E-state index contributed by atoms with van der Waals surface area (Å²) in [5.74, 6) is -1.19. The van der Waals surface area contributed by atoms with Gasteiger partial charge >= 0.3 is 5.97 Å². The Bertz CT molecular complexity index is 626. The lowest BCUT2D eigenvalue weighted by atomic mass is 10.1. The summed E-state index contributed by atoms with van der Waals surface area (Å²) in [4.78, 5) is 11.0. The molecule has 1 atom stereocenters. The molecule has 0 saturated heterocycles. The predicted octanol–water partition coefficient (Wildman–Crippen LogP) is 0.287. The minimum Gasteiger partial charge on any atom is -0.478 e. The molecule has 0 spiro atoms. The Morgan fingerprint density at radius 3 is 2.43 bits per heavy atom. The maximum absolute atomic E-state index is 12.3. The van der Waals surface area contributed by atoms with Crippen molar-refractivity contribution < 1.29 is 28.2 Å². The summed E-state index contributed by atoms with van der Waals surface area (Å²) in [5, 5.41) is 18.2. The number of aryl methyl sites for hydroxylation is 2. The smallest absolute Gasteiger partial charge is 0.335 e. The van der Waals surface area contributed by atoms with Crippen LogP contribution >= 0.6 is 0 Å². The van der Waals surface area contributed by atoms with Gasteiger partial charge in [0.2, 0.25) is 10.0 Å². The number of rotatable bonds is 7. The first-order valence-corrected chi connectivity index (χ1v) is 7.68. The van der Waals surface area contributed by atoms with E-state index in [0.29, 0.717) is 11.1 Å². The van der Waals surface area contributed by atoms with E-state index in [0.717, 1.165) is 6.07 Å². The van der Waals surface area contributed by atoms with Gasteiger partial charge in [-0.05, 0) is 31.0 Å². The summed E-state index contributed by atoms with van der Waals surface area (Å²) in [6, 6.07) is 1.83. The highest BCUT2D eigenvalue weighted by Gasteiger charge is 2.23. The summed E-state index contributed by atoms with van der Waals surface area (Å²) >= 11 is 0. The van der Waals surface area contributed by atoms with Crippen LogP contribution in [0, 0.1) is 13.8 Å². The van der Waals surface area contributed by atoms with Gasteiger partial charge in [0.25, 0.3) is 0 Å². The maximum atomic E-state index is 12.3. The molecule has 0 aliphatic heterocycles. The molecule has 0 bridgehead atoms. The monoisotopic (exact) mass is 317 g/mol. The molecular formula is C13H19NO6S. The topological polar surface area (TPSA) is 113 Å². The molecule has 1 rings (SSSR count). The van der Waals surface area contributed by atoms with Crippen LogP contribution in [0.15, 0.2) is 17.0 Å². The predicted molar refractivity (Wildman–Crippen MR) is 75.9 cm³/mol. The number of carboxylic acids is 1. The molecule has 0 amide bonds. The third kappa shape index (κ3) is 4.24. The first kappa shape index (κ1) is 17.6. The zero-order chi connectivity index (χ0) is 16.2. The second kappa shape index (κ2) is 6.99. The number of hydrogen-bond donors (Lipinski definition) is 3. The second-order valence-electron chi connectivity index (χ2n) is 4.69. The van der Waals surface area contributed by atoms with Crippen LogP contribution < -0.4 is 4.72 Å². The standard InChI is InChI=1S/C13H19NO6S/c1-8-4-9(2)12(5-11(8)13(16)17)21(18,19)14-10(6-15)7-20-3/h4-5,10,14-15H,6-7H2,1-3H3,(H,16,17). The number of aliphatic hydroxyl groups excluding tert-OH is 1. The fourth-order valence-electron chi connectivity index (χ4n) is 1.96. The molecule has 0 aliphatic carbocycles. The zero-order valence-electron chi connectivity index (χ0n) is 12.1. The quantitative estimate of drug-likeness (QED) is 0.666. The minimum absolute atomic E-state index is 0.00638. The van der Waals surface area contributed by atoms with Gasteiger partial charge in [0.05, 0.1) is 29.7 Å². The Morgan fingerprint density at radius 1 is 1.33 bits per heavy atom. The van der Waals surface area contributed by atoms with Crippen LogP contribution in [0.2, 0.25) is 0 Å². The molecule has 1 unspecified atom stereocenters. The lowest BCUT2D eigenvalue weighted by Gasteiger charge is -2.17. The number of sulfonamides is 1. The average molecular weight is 317 g/mol. The van der Waals surface area contributed by atoms with Gasteiger partial charge in [-0.2, -0.15) is 0 Å². The Morgan fingerprint density at radius 2 is 1.95 bits per heavy atom. The molecule has 0 saturated carbocycles. The van der Waals surface area contributed by atoms with Gasteiger partial charge in [-0.1, -0.05) is 6.07 Å². The Balaban J connectivity index is 3.25. The zero-order valence-corrected chi connectivity index (χ0v) is 12.9. The van der Waals surface area contributed by atoms with Crippen molar-refractivity contribution in [1.82, 2.24) is 4.72 Å². The summed E-state index contributed by atoms with van der Waals surface area (Å²) < 4.78 is 31.7. The van der Waals surface area contributed by atoms with Crippen LogP contribution in [0.25, 0.3) is 0 Å². The van der Waals surface area contributed by atoms with Crippen molar-refractivity contribution in [2.45, 2.75) is 24.8 Å². The molecule has 0 aromatic heterocycles. The number of aliphatic hydroxyl groups is 1. The van der Waals surface area contributed by atoms with Gasteiger partial charge in [-0.15, -0.1) is 0 Å². The number of carboxylic acid groups (broad SMARTS) is 1.